The third kappa shape index (κ3) is 3.48. The van der Waals surface area contributed by atoms with Gasteiger partial charge in [0.2, 0.25) is 10.0 Å². The number of sulfonamides is 1. The molecule has 3 rings (SSSR count). The minimum atomic E-state index is -3.50. The molecule has 0 amide bonds. The third-order valence-electron chi connectivity index (χ3n) is 4.42. The van der Waals surface area contributed by atoms with Crippen LogP contribution in [0.1, 0.15) is 18.5 Å². The molecule has 5 nitrogen and oxygen atoms in total. The Balaban J connectivity index is 1.68. The molecule has 0 aliphatic carbocycles. The van der Waals surface area contributed by atoms with Crippen LogP contribution >= 0.6 is 0 Å². The van der Waals surface area contributed by atoms with Gasteiger partial charge in [-0.2, -0.15) is 4.31 Å². The highest BCUT2D eigenvalue weighted by molar-refractivity contribution is 7.89. The minimum Gasteiger partial charge on any atom is -0.294 e. The van der Waals surface area contributed by atoms with Crippen LogP contribution < -0.4 is 0 Å². The van der Waals surface area contributed by atoms with Gasteiger partial charge < -0.3 is 0 Å². The van der Waals surface area contributed by atoms with Gasteiger partial charge in [0.25, 0.3) is 0 Å². The van der Waals surface area contributed by atoms with Gasteiger partial charge in [0.05, 0.1) is 0 Å². The van der Waals surface area contributed by atoms with Crippen molar-refractivity contribution < 1.29 is 12.8 Å². The van der Waals surface area contributed by atoms with Crippen molar-refractivity contribution in [2.75, 3.05) is 26.2 Å². The van der Waals surface area contributed by atoms with E-state index in [0.717, 1.165) is 5.56 Å². The Labute approximate surface area is 141 Å². The highest BCUT2D eigenvalue weighted by atomic mass is 32.2. The molecule has 0 spiro atoms. The second kappa shape index (κ2) is 6.96. The van der Waals surface area contributed by atoms with Gasteiger partial charge in [0.15, 0.2) is 0 Å². The molecule has 0 radical (unpaired) electrons. The van der Waals surface area contributed by atoms with Crippen LogP contribution in [0.3, 0.4) is 0 Å². The number of halogens is 1. The number of piperazine rings is 1. The molecule has 1 saturated heterocycles. The van der Waals surface area contributed by atoms with E-state index < -0.39 is 10.0 Å². The summed E-state index contributed by atoms with van der Waals surface area (Å²) < 4.78 is 40.1. The van der Waals surface area contributed by atoms with Gasteiger partial charge in [-0.1, -0.05) is 12.1 Å². The summed E-state index contributed by atoms with van der Waals surface area (Å²) in [7, 11) is -3.50. The van der Waals surface area contributed by atoms with Crippen molar-refractivity contribution in [2.24, 2.45) is 0 Å². The predicted molar refractivity (Wildman–Crippen MR) is 89.4 cm³/mol. The zero-order chi connectivity index (χ0) is 17.2. The van der Waals surface area contributed by atoms with E-state index in [1.165, 1.54) is 22.6 Å². The Kier molecular flexibility index (Phi) is 4.93. The lowest BCUT2D eigenvalue weighted by molar-refractivity contribution is 0.145. The molecule has 0 N–H and O–H groups in total. The monoisotopic (exact) mass is 349 g/mol. The molecule has 1 aliphatic rings. The third-order valence-corrected chi connectivity index (χ3v) is 6.31. The molecule has 128 valence electrons. The molecule has 0 unspecified atom stereocenters. The molecule has 2 heterocycles. The van der Waals surface area contributed by atoms with Gasteiger partial charge >= 0.3 is 0 Å². The zero-order valence-electron chi connectivity index (χ0n) is 13.5. The molecule has 1 atom stereocenters. The van der Waals surface area contributed by atoms with Gasteiger partial charge in [-0.05, 0) is 36.8 Å². The Bertz CT molecular complexity index is 790. The number of nitrogens with zero attached hydrogens (tertiary/aromatic N) is 3. The molecular weight excluding hydrogens is 329 g/mol. The molecule has 2 aromatic rings. The summed E-state index contributed by atoms with van der Waals surface area (Å²) in [5, 5.41) is 0. The zero-order valence-corrected chi connectivity index (χ0v) is 14.3. The molecule has 1 aliphatic heterocycles. The van der Waals surface area contributed by atoms with E-state index >= 15 is 0 Å². The molecule has 0 saturated carbocycles. The van der Waals surface area contributed by atoms with Crippen LogP contribution in [0.4, 0.5) is 4.39 Å². The molecule has 24 heavy (non-hydrogen) atoms. The Morgan fingerprint density at radius 2 is 1.88 bits per heavy atom. The van der Waals surface area contributed by atoms with Crippen LogP contribution in [0, 0.1) is 5.82 Å². The van der Waals surface area contributed by atoms with Crippen LogP contribution in [0.25, 0.3) is 0 Å². The second-order valence-corrected chi connectivity index (χ2v) is 7.80. The first-order valence-electron chi connectivity index (χ1n) is 7.88. The van der Waals surface area contributed by atoms with Crippen molar-refractivity contribution in [1.82, 2.24) is 14.2 Å². The fourth-order valence-corrected chi connectivity index (χ4v) is 4.34. The van der Waals surface area contributed by atoms with Crippen molar-refractivity contribution in [2.45, 2.75) is 17.9 Å². The fraction of sp³-hybridized carbons (Fsp3) is 0.353. The maximum Gasteiger partial charge on any atom is 0.244 e. The highest BCUT2D eigenvalue weighted by Gasteiger charge is 2.30. The minimum absolute atomic E-state index is 0.0453. The van der Waals surface area contributed by atoms with Crippen molar-refractivity contribution in [3.05, 3.63) is 60.2 Å². The summed E-state index contributed by atoms with van der Waals surface area (Å²) in [6, 6.07) is 9.78. The maximum atomic E-state index is 13.4. The van der Waals surface area contributed by atoms with E-state index in [1.54, 1.807) is 24.4 Å². The Hall–Kier alpha value is -1.83. The normalized spacial score (nSPS) is 18.4. The summed E-state index contributed by atoms with van der Waals surface area (Å²) in [6.07, 6.45) is 2.93. The van der Waals surface area contributed by atoms with E-state index in [0.29, 0.717) is 26.2 Å². The average molecular weight is 349 g/mol. The van der Waals surface area contributed by atoms with Crippen molar-refractivity contribution in [1.29, 1.82) is 0 Å². The summed E-state index contributed by atoms with van der Waals surface area (Å²) in [4.78, 5) is 6.27. The van der Waals surface area contributed by atoms with E-state index in [4.69, 9.17) is 0 Å². The summed E-state index contributed by atoms with van der Waals surface area (Å²) in [5.74, 6) is -0.253. The molecule has 0 bridgehead atoms. The SMILES string of the molecule is C[C@@H](c1cccc(F)c1)N1CCN(S(=O)(=O)c2cccnc2)CC1. The van der Waals surface area contributed by atoms with Crippen LogP contribution in [-0.4, -0.2) is 48.8 Å². The first-order chi connectivity index (χ1) is 11.5. The molecule has 1 aromatic heterocycles. The lowest BCUT2D eigenvalue weighted by Crippen LogP contribution is -2.49. The number of hydrogen-bond acceptors (Lipinski definition) is 4. The molecular formula is C17H20FN3O2S. The predicted octanol–water partition coefficient (Wildman–Crippen LogP) is 2.29. The van der Waals surface area contributed by atoms with Gasteiger partial charge in [-0.25, -0.2) is 12.8 Å². The summed E-state index contributed by atoms with van der Waals surface area (Å²) in [5.41, 5.74) is 0.901. The first kappa shape index (κ1) is 17.0. The van der Waals surface area contributed by atoms with Crippen molar-refractivity contribution >= 4 is 10.0 Å². The highest BCUT2D eigenvalue weighted by Crippen LogP contribution is 2.24. The molecule has 7 heteroatoms. The number of benzene rings is 1. The van der Waals surface area contributed by atoms with E-state index in [-0.39, 0.29) is 16.8 Å². The van der Waals surface area contributed by atoms with E-state index in [9.17, 15) is 12.8 Å². The average Bonchev–Trinajstić information content (AvgIpc) is 2.62. The number of pyridine rings is 1. The van der Waals surface area contributed by atoms with E-state index in [2.05, 4.69) is 9.88 Å². The van der Waals surface area contributed by atoms with Crippen LogP contribution in [0.15, 0.2) is 53.7 Å². The topological polar surface area (TPSA) is 53.5 Å². The standard InChI is InChI=1S/C17H20FN3O2S/c1-14(15-4-2-5-16(18)12-15)20-8-10-21(11-9-20)24(22,23)17-6-3-7-19-13-17/h2-7,12-14H,8-11H2,1H3/t14-/m0/s1. The quantitative estimate of drug-likeness (QED) is 0.850. The second-order valence-electron chi connectivity index (χ2n) is 5.86. The lowest BCUT2D eigenvalue weighted by Gasteiger charge is -2.37. The Morgan fingerprint density at radius 3 is 2.50 bits per heavy atom. The number of aromatic nitrogens is 1. The van der Waals surface area contributed by atoms with Crippen molar-refractivity contribution in [3.8, 4) is 0 Å². The summed E-state index contributed by atoms with van der Waals surface area (Å²) >= 11 is 0. The van der Waals surface area contributed by atoms with Crippen LogP contribution in [-0.2, 0) is 10.0 Å². The fourth-order valence-electron chi connectivity index (χ4n) is 2.96. The largest absolute Gasteiger partial charge is 0.294 e. The van der Waals surface area contributed by atoms with Crippen LogP contribution in [0.2, 0.25) is 0 Å². The van der Waals surface area contributed by atoms with Gasteiger partial charge in [-0.3, -0.25) is 9.88 Å². The van der Waals surface area contributed by atoms with Gasteiger partial charge in [-0.15, -0.1) is 0 Å². The first-order valence-corrected chi connectivity index (χ1v) is 9.32. The lowest BCUT2D eigenvalue weighted by atomic mass is 10.1. The van der Waals surface area contributed by atoms with Crippen LogP contribution in [0.5, 0.6) is 0 Å². The van der Waals surface area contributed by atoms with Gasteiger partial charge in [0.1, 0.15) is 10.7 Å². The molecule has 1 aromatic carbocycles. The number of hydrogen-bond donors (Lipinski definition) is 0. The number of rotatable bonds is 4. The van der Waals surface area contributed by atoms with E-state index in [1.807, 2.05) is 13.0 Å². The van der Waals surface area contributed by atoms with Crippen molar-refractivity contribution in [3.63, 3.8) is 0 Å². The van der Waals surface area contributed by atoms with Gasteiger partial charge in [0, 0.05) is 44.6 Å². The molecule has 1 fully saturated rings. The Morgan fingerprint density at radius 1 is 1.12 bits per heavy atom. The summed E-state index contributed by atoms with van der Waals surface area (Å²) in [6.45, 7) is 4.06. The smallest absolute Gasteiger partial charge is 0.244 e. The maximum absolute atomic E-state index is 13.4.